The number of ether oxygens (including phenoxy) is 1. The zero-order chi connectivity index (χ0) is 27.1. The van der Waals surface area contributed by atoms with E-state index >= 15 is 0 Å². The number of nitrogens with one attached hydrogen (secondary N) is 1. The SMILES string of the molecule is Cc1cc(C)c(-n2c(C)cc([C@H]3[C@@H](c4ccccn4)NC(=S)N3c3ccc(OC(C)C)cc3)c2C)c(C)c1. The lowest BCUT2D eigenvalue weighted by Crippen LogP contribution is -2.29. The van der Waals surface area contributed by atoms with E-state index < -0.39 is 0 Å². The first-order valence-corrected chi connectivity index (χ1v) is 13.6. The number of rotatable bonds is 6. The van der Waals surface area contributed by atoms with Crippen molar-refractivity contribution in [1.82, 2.24) is 14.9 Å². The molecule has 0 amide bonds. The van der Waals surface area contributed by atoms with Crippen LogP contribution in [0.1, 0.15) is 65.3 Å². The predicted octanol–water partition coefficient (Wildman–Crippen LogP) is 7.38. The first-order chi connectivity index (χ1) is 18.2. The van der Waals surface area contributed by atoms with Gasteiger partial charge < -0.3 is 19.5 Å². The van der Waals surface area contributed by atoms with Crippen molar-refractivity contribution in [3.63, 3.8) is 0 Å². The molecule has 0 spiro atoms. The summed E-state index contributed by atoms with van der Waals surface area (Å²) in [6, 6.07) is 20.9. The number of hydrogen-bond acceptors (Lipinski definition) is 3. The minimum absolute atomic E-state index is 0.0692. The number of thiocarbonyl (C=S) groups is 1. The van der Waals surface area contributed by atoms with Crippen molar-refractivity contribution in [2.45, 2.75) is 66.7 Å². The van der Waals surface area contributed by atoms with Crippen molar-refractivity contribution in [2.24, 2.45) is 0 Å². The second kappa shape index (κ2) is 10.3. The molecule has 0 aliphatic carbocycles. The second-order valence-electron chi connectivity index (χ2n) is 10.6. The van der Waals surface area contributed by atoms with E-state index in [0.29, 0.717) is 5.11 Å². The van der Waals surface area contributed by atoms with Crippen LogP contribution in [0.4, 0.5) is 5.69 Å². The Morgan fingerprint density at radius 2 is 1.61 bits per heavy atom. The molecule has 2 aromatic heterocycles. The first kappa shape index (κ1) is 26.0. The van der Waals surface area contributed by atoms with Crippen molar-refractivity contribution in [3.8, 4) is 11.4 Å². The number of hydrogen-bond donors (Lipinski definition) is 1. The molecule has 0 bridgehead atoms. The Bertz CT molecular complexity index is 1450. The Morgan fingerprint density at radius 3 is 2.21 bits per heavy atom. The second-order valence-corrected chi connectivity index (χ2v) is 11.0. The molecule has 1 N–H and O–H groups in total. The summed E-state index contributed by atoms with van der Waals surface area (Å²) < 4.78 is 8.30. The van der Waals surface area contributed by atoms with Gasteiger partial charge in [0.2, 0.25) is 0 Å². The number of aromatic nitrogens is 2. The minimum atomic E-state index is -0.0931. The Hall–Kier alpha value is -3.64. The molecule has 1 aliphatic rings. The molecule has 0 unspecified atom stereocenters. The van der Waals surface area contributed by atoms with Crippen LogP contribution >= 0.6 is 12.2 Å². The fourth-order valence-electron chi connectivity index (χ4n) is 5.86. The Kier molecular flexibility index (Phi) is 7.01. The largest absolute Gasteiger partial charge is 0.491 e. The smallest absolute Gasteiger partial charge is 0.174 e. The minimum Gasteiger partial charge on any atom is -0.491 e. The molecule has 38 heavy (non-hydrogen) atoms. The Labute approximate surface area is 231 Å². The van der Waals surface area contributed by atoms with Crippen LogP contribution in [0.3, 0.4) is 0 Å². The maximum atomic E-state index is 5.96. The summed E-state index contributed by atoms with van der Waals surface area (Å²) in [5.74, 6) is 0.850. The van der Waals surface area contributed by atoms with Gasteiger partial charge in [-0.3, -0.25) is 4.98 Å². The van der Waals surface area contributed by atoms with E-state index in [1.54, 1.807) is 0 Å². The highest BCUT2D eigenvalue weighted by Gasteiger charge is 2.42. The Morgan fingerprint density at radius 1 is 0.921 bits per heavy atom. The molecule has 3 heterocycles. The van der Waals surface area contributed by atoms with Crippen LogP contribution in [0.15, 0.2) is 66.9 Å². The summed E-state index contributed by atoms with van der Waals surface area (Å²) in [5, 5.41) is 4.28. The van der Waals surface area contributed by atoms with E-state index in [-0.39, 0.29) is 18.2 Å². The third-order valence-corrected chi connectivity index (χ3v) is 7.55. The van der Waals surface area contributed by atoms with Gasteiger partial charge in [0.15, 0.2) is 5.11 Å². The van der Waals surface area contributed by atoms with Crippen LogP contribution < -0.4 is 15.0 Å². The van der Waals surface area contributed by atoms with Crippen molar-refractivity contribution < 1.29 is 4.74 Å². The summed E-state index contributed by atoms with van der Waals surface area (Å²) in [7, 11) is 0. The zero-order valence-electron chi connectivity index (χ0n) is 23.2. The van der Waals surface area contributed by atoms with Crippen LogP contribution in [-0.4, -0.2) is 20.8 Å². The first-order valence-electron chi connectivity index (χ1n) is 13.2. The molecule has 1 saturated heterocycles. The third kappa shape index (κ3) is 4.69. The van der Waals surface area contributed by atoms with E-state index in [0.717, 1.165) is 17.1 Å². The average Bonchev–Trinajstić information content (AvgIpc) is 3.35. The summed E-state index contributed by atoms with van der Waals surface area (Å²) in [6.07, 6.45) is 1.97. The number of aryl methyl sites for hydroxylation is 4. The third-order valence-electron chi connectivity index (χ3n) is 7.23. The van der Waals surface area contributed by atoms with Gasteiger partial charge in [-0.2, -0.15) is 0 Å². The standard InChI is InChI=1S/C32H36N4OS/c1-19(2)37-26-13-11-25(12-14-26)36-31(29(34-32(36)38)28-10-8-9-15-33-28)27-18-23(6)35(24(27)7)30-21(4)16-20(3)17-22(30)5/h8-19,29,31H,1-7H3,(H,34,38)/t29-,31+/m1/s1. The van der Waals surface area contributed by atoms with Crippen molar-refractivity contribution in [3.05, 3.63) is 106 Å². The topological polar surface area (TPSA) is 42.3 Å². The molecule has 5 nitrogen and oxygen atoms in total. The van der Waals surface area contributed by atoms with Crippen molar-refractivity contribution >= 4 is 23.0 Å². The van der Waals surface area contributed by atoms with Crippen molar-refractivity contribution in [2.75, 3.05) is 4.90 Å². The highest BCUT2D eigenvalue weighted by Crippen LogP contribution is 2.44. The molecule has 0 radical (unpaired) electrons. The van der Waals surface area contributed by atoms with Gasteiger partial charge >= 0.3 is 0 Å². The van der Waals surface area contributed by atoms with Gasteiger partial charge in [-0.25, -0.2) is 0 Å². The highest BCUT2D eigenvalue weighted by atomic mass is 32.1. The molecule has 1 aliphatic heterocycles. The maximum absolute atomic E-state index is 5.96. The van der Waals surface area contributed by atoms with Crippen LogP contribution in [0.2, 0.25) is 0 Å². The van der Waals surface area contributed by atoms with Gasteiger partial charge in [0, 0.05) is 23.3 Å². The van der Waals surface area contributed by atoms with Crippen LogP contribution in [-0.2, 0) is 0 Å². The van der Waals surface area contributed by atoms with Crippen molar-refractivity contribution in [1.29, 1.82) is 0 Å². The van der Waals surface area contributed by atoms with Crippen LogP contribution in [0, 0.1) is 34.6 Å². The summed E-state index contributed by atoms with van der Waals surface area (Å²) in [6.45, 7) is 15.0. The van der Waals surface area contributed by atoms with Gasteiger partial charge in [-0.15, -0.1) is 0 Å². The lowest BCUT2D eigenvalue weighted by Gasteiger charge is -2.28. The molecule has 6 heteroatoms. The Balaban J connectivity index is 1.66. The van der Waals surface area contributed by atoms with Gasteiger partial charge in [0.25, 0.3) is 0 Å². The van der Waals surface area contributed by atoms with Gasteiger partial charge in [-0.1, -0.05) is 23.8 Å². The quantitative estimate of drug-likeness (QED) is 0.267. The van der Waals surface area contributed by atoms with Gasteiger partial charge in [0.1, 0.15) is 5.75 Å². The van der Waals surface area contributed by atoms with E-state index in [2.05, 4.69) is 85.8 Å². The van der Waals surface area contributed by atoms with E-state index in [9.17, 15) is 0 Å². The van der Waals surface area contributed by atoms with Crippen LogP contribution in [0.5, 0.6) is 5.75 Å². The fraction of sp³-hybridized carbons (Fsp3) is 0.312. The normalized spacial score (nSPS) is 17.3. The lowest BCUT2D eigenvalue weighted by atomic mass is 9.96. The van der Waals surface area contributed by atoms with E-state index in [4.69, 9.17) is 21.9 Å². The summed E-state index contributed by atoms with van der Waals surface area (Å²) in [5.41, 5.74) is 10.7. The molecule has 5 rings (SSSR count). The van der Waals surface area contributed by atoms with E-state index in [1.165, 1.54) is 39.3 Å². The summed E-state index contributed by atoms with van der Waals surface area (Å²) >= 11 is 5.96. The predicted molar refractivity (Wildman–Crippen MR) is 160 cm³/mol. The fourth-order valence-corrected chi connectivity index (χ4v) is 6.21. The maximum Gasteiger partial charge on any atom is 0.174 e. The number of nitrogens with zero attached hydrogens (tertiary/aromatic N) is 3. The van der Waals surface area contributed by atoms with Gasteiger partial charge in [0.05, 0.1) is 29.6 Å². The van der Waals surface area contributed by atoms with E-state index in [1.807, 2.05) is 44.3 Å². The molecular weight excluding hydrogens is 488 g/mol. The number of anilines is 1. The lowest BCUT2D eigenvalue weighted by molar-refractivity contribution is 0.242. The summed E-state index contributed by atoms with van der Waals surface area (Å²) in [4.78, 5) is 6.96. The molecule has 1 fully saturated rings. The molecule has 2 atom stereocenters. The molecule has 0 saturated carbocycles. The van der Waals surface area contributed by atoms with Gasteiger partial charge in [-0.05, 0) is 120 Å². The molecule has 4 aromatic rings. The zero-order valence-corrected chi connectivity index (χ0v) is 24.1. The number of benzene rings is 2. The highest BCUT2D eigenvalue weighted by molar-refractivity contribution is 7.80. The monoisotopic (exact) mass is 524 g/mol. The molecule has 196 valence electrons. The van der Waals surface area contributed by atoms with Crippen LogP contribution in [0.25, 0.3) is 5.69 Å². The number of pyridine rings is 1. The molecule has 2 aromatic carbocycles. The molecular formula is C32H36N4OS. The average molecular weight is 525 g/mol.